The number of carbonyl (C=O) groups is 1. The van der Waals surface area contributed by atoms with Gasteiger partial charge in [0.25, 0.3) is 0 Å². The van der Waals surface area contributed by atoms with Gasteiger partial charge < -0.3 is 4.90 Å². The predicted molar refractivity (Wildman–Crippen MR) is 127 cm³/mol. The van der Waals surface area contributed by atoms with Crippen molar-refractivity contribution >= 4 is 44.4 Å². The summed E-state index contributed by atoms with van der Waals surface area (Å²) in [6, 6.07) is 13.0. The third-order valence-corrected chi connectivity index (χ3v) is 8.19. The third-order valence-electron chi connectivity index (χ3n) is 6.19. The van der Waals surface area contributed by atoms with Gasteiger partial charge in [0.2, 0.25) is 15.9 Å². The van der Waals surface area contributed by atoms with Crippen LogP contribution in [0.15, 0.2) is 47.4 Å². The number of aryl methyl sites for hydroxylation is 1. The van der Waals surface area contributed by atoms with Crippen molar-refractivity contribution in [3.05, 3.63) is 48.0 Å². The molecule has 32 heavy (non-hydrogen) atoms. The molecule has 3 aromatic rings. The lowest BCUT2D eigenvalue weighted by Gasteiger charge is -2.32. The van der Waals surface area contributed by atoms with E-state index in [1.54, 1.807) is 18.2 Å². The topological polar surface area (TPSA) is 92.3 Å². The largest absolute Gasteiger partial charge is 0.312 e. The maximum Gasteiger partial charge on any atom is 0.242 e. The molecule has 0 radical (unpaired) electrons. The highest BCUT2D eigenvalue weighted by atomic mass is 32.2. The molecule has 0 aliphatic heterocycles. The summed E-state index contributed by atoms with van der Waals surface area (Å²) in [5.41, 5.74) is 3.08. The SMILES string of the molecule is CCN(C(=O)C1CCC(CNS(=O)(=O)c2cccc3nsnc23)CC1)c1cccc(C)c1. The summed E-state index contributed by atoms with van der Waals surface area (Å²) in [7, 11) is -3.66. The van der Waals surface area contributed by atoms with Crippen LogP contribution in [-0.2, 0) is 14.8 Å². The number of hydrogen-bond acceptors (Lipinski definition) is 6. The fourth-order valence-electron chi connectivity index (χ4n) is 4.40. The summed E-state index contributed by atoms with van der Waals surface area (Å²) in [5, 5.41) is 0. The first-order valence-electron chi connectivity index (χ1n) is 11.0. The van der Waals surface area contributed by atoms with Gasteiger partial charge in [0.15, 0.2) is 0 Å². The van der Waals surface area contributed by atoms with Crippen molar-refractivity contribution in [3.8, 4) is 0 Å². The molecule has 0 atom stereocenters. The normalized spacial score (nSPS) is 19.2. The number of hydrogen-bond donors (Lipinski definition) is 1. The van der Waals surface area contributed by atoms with Crippen LogP contribution in [-0.4, -0.2) is 36.2 Å². The lowest BCUT2D eigenvalue weighted by molar-refractivity contribution is -0.123. The lowest BCUT2D eigenvalue weighted by Crippen LogP contribution is -2.39. The van der Waals surface area contributed by atoms with Crippen molar-refractivity contribution in [3.63, 3.8) is 0 Å². The molecule has 1 heterocycles. The molecule has 4 rings (SSSR count). The highest BCUT2D eigenvalue weighted by Gasteiger charge is 2.30. The van der Waals surface area contributed by atoms with E-state index >= 15 is 0 Å². The minimum atomic E-state index is -3.66. The summed E-state index contributed by atoms with van der Waals surface area (Å²) in [6.45, 7) is 5.03. The Bertz CT molecular complexity index is 1200. The van der Waals surface area contributed by atoms with Crippen LogP contribution in [0.1, 0.15) is 38.2 Å². The Morgan fingerprint density at radius 1 is 1.12 bits per heavy atom. The molecule has 170 valence electrons. The maximum atomic E-state index is 13.2. The van der Waals surface area contributed by atoms with E-state index in [2.05, 4.69) is 13.5 Å². The average Bonchev–Trinajstić information content (AvgIpc) is 3.27. The molecule has 7 nitrogen and oxygen atoms in total. The molecule has 1 amide bonds. The van der Waals surface area contributed by atoms with Crippen molar-refractivity contribution < 1.29 is 13.2 Å². The van der Waals surface area contributed by atoms with Crippen LogP contribution < -0.4 is 9.62 Å². The van der Waals surface area contributed by atoms with Crippen molar-refractivity contribution in [2.45, 2.75) is 44.4 Å². The van der Waals surface area contributed by atoms with E-state index in [0.29, 0.717) is 24.1 Å². The van der Waals surface area contributed by atoms with Gasteiger partial charge in [-0.05, 0) is 75.3 Å². The summed E-state index contributed by atoms with van der Waals surface area (Å²) >= 11 is 1.01. The molecule has 0 bridgehead atoms. The standard InChI is InChI=1S/C23H28N4O3S2/c1-3-27(19-7-4-6-16(2)14-19)23(28)18-12-10-17(11-13-18)15-24-32(29,30)21-9-5-8-20-22(21)26-31-25-20/h4-9,14,17-18,24H,3,10-13,15H2,1-2H3. The van der Waals surface area contributed by atoms with Gasteiger partial charge in [-0.3, -0.25) is 4.79 Å². The van der Waals surface area contributed by atoms with E-state index in [1.807, 2.05) is 43.0 Å². The second-order valence-electron chi connectivity index (χ2n) is 8.38. The first-order chi connectivity index (χ1) is 15.4. The predicted octanol–water partition coefficient (Wildman–Crippen LogP) is 4.14. The molecular formula is C23H28N4O3S2. The molecule has 0 saturated heterocycles. The van der Waals surface area contributed by atoms with Gasteiger partial charge in [-0.1, -0.05) is 18.2 Å². The first-order valence-corrected chi connectivity index (χ1v) is 13.2. The molecule has 1 aromatic heterocycles. The number of sulfonamides is 1. The second kappa shape index (κ2) is 9.64. The molecule has 0 unspecified atom stereocenters. The molecule has 9 heteroatoms. The van der Waals surface area contributed by atoms with E-state index < -0.39 is 10.0 Å². The Hall–Kier alpha value is -2.36. The lowest BCUT2D eigenvalue weighted by atomic mass is 9.81. The molecule has 2 aromatic carbocycles. The smallest absolute Gasteiger partial charge is 0.242 e. The van der Waals surface area contributed by atoms with E-state index in [0.717, 1.165) is 48.7 Å². The number of anilines is 1. The Morgan fingerprint density at radius 3 is 2.59 bits per heavy atom. The van der Waals surface area contributed by atoms with E-state index in [4.69, 9.17) is 0 Å². The zero-order chi connectivity index (χ0) is 22.7. The van der Waals surface area contributed by atoms with E-state index in [9.17, 15) is 13.2 Å². The number of carbonyl (C=O) groups excluding carboxylic acids is 1. The van der Waals surface area contributed by atoms with Gasteiger partial charge in [-0.25, -0.2) is 13.1 Å². The minimum Gasteiger partial charge on any atom is -0.312 e. The van der Waals surface area contributed by atoms with Gasteiger partial charge in [0.05, 0.1) is 11.7 Å². The number of amides is 1. The summed E-state index contributed by atoms with van der Waals surface area (Å²) < 4.78 is 36.7. The molecule has 0 spiro atoms. The van der Waals surface area contributed by atoms with Crippen LogP contribution >= 0.6 is 11.7 Å². The summed E-state index contributed by atoms with van der Waals surface area (Å²) in [5.74, 6) is 0.369. The van der Waals surface area contributed by atoms with Crippen molar-refractivity contribution in [1.82, 2.24) is 13.5 Å². The molecule has 1 saturated carbocycles. The zero-order valence-electron chi connectivity index (χ0n) is 18.3. The highest BCUT2D eigenvalue weighted by Crippen LogP contribution is 2.31. The van der Waals surface area contributed by atoms with Crippen LogP contribution in [0.2, 0.25) is 0 Å². The fraction of sp³-hybridized carbons (Fsp3) is 0.435. The van der Waals surface area contributed by atoms with Gasteiger partial charge >= 0.3 is 0 Å². The van der Waals surface area contributed by atoms with Crippen LogP contribution in [0.5, 0.6) is 0 Å². The Morgan fingerprint density at radius 2 is 1.88 bits per heavy atom. The molecule has 1 N–H and O–H groups in total. The van der Waals surface area contributed by atoms with Crippen LogP contribution in [0.25, 0.3) is 11.0 Å². The number of rotatable bonds is 7. The number of nitrogens with one attached hydrogen (secondary N) is 1. The Labute approximate surface area is 193 Å². The second-order valence-corrected chi connectivity index (χ2v) is 10.6. The van der Waals surface area contributed by atoms with Gasteiger partial charge in [0, 0.05) is 24.7 Å². The van der Waals surface area contributed by atoms with E-state index in [-0.39, 0.29) is 22.6 Å². The number of nitrogens with zero attached hydrogens (tertiary/aromatic N) is 3. The molecule has 1 aliphatic rings. The maximum absolute atomic E-state index is 13.2. The van der Waals surface area contributed by atoms with E-state index in [1.165, 1.54) is 0 Å². The number of fused-ring (bicyclic) bond motifs is 1. The van der Waals surface area contributed by atoms with Gasteiger partial charge in [-0.2, -0.15) is 8.75 Å². The minimum absolute atomic E-state index is 0.0156. The molecule has 1 fully saturated rings. The quantitative estimate of drug-likeness (QED) is 0.558. The Kier molecular flexibility index (Phi) is 6.88. The molecular weight excluding hydrogens is 444 g/mol. The Balaban J connectivity index is 1.34. The van der Waals surface area contributed by atoms with Gasteiger partial charge in [0.1, 0.15) is 15.9 Å². The zero-order valence-corrected chi connectivity index (χ0v) is 20.0. The molecule has 1 aliphatic carbocycles. The van der Waals surface area contributed by atoms with Crippen molar-refractivity contribution in [2.75, 3.05) is 18.0 Å². The van der Waals surface area contributed by atoms with Crippen LogP contribution in [0, 0.1) is 18.8 Å². The number of aromatic nitrogens is 2. The highest BCUT2D eigenvalue weighted by molar-refractivity contribution is 7.89. The monoisotopic (exact) mass is 472 g/mol. The van der Waals surface area contributed by atoms with Gasteiger partial charge in [-0.15, -0.1) is 0 Å². The third kappa shape index (κ3) is 4.84. The average molecular weight is 473 g/mol. The van der Waals surface area contributed by atoms with Crippen molar-refractivity contribution in [1.29, 1.82) is 0 Å². The fourth-order valence-corrected chi connectivity index (χ4v) is 6.28. The number of benzene rings is 2. The van der Waals surface area contributed by atoms with Crippen molar-refractivity contribution in [2.24, 2.45) is 11.8 Å². The summed E-state index contributed by atoms with van der Waals surface area (Å²) in [4.78, 5) is 15.2. The van der Waals surface area contributed by atoms with Crippen LogP contribution in [0.3, 0.4) is 0 Å². The first kappa shape index (κ1) is 22.8. The van der Waals surface area contributed by atoms with Crippen LogP contribution in [0.4, 0.5) is 5.69 Å². The summed E-state index contributed by atoms with van der Waals surface area (Å²) in [6.07, 6.45) is 3.21.